The van der Waals surface area contributed by atoms with E-state index in [2.05, 4.69) is 10.0 Å². The lowest BCUT2D eigenvalue weighted by atomic mass is 10.0. The van der Waals surface area contributed by atoms with Gasteiger partial charge in [-0.2, -0.15) is 0 Å². The van der Waals surface area contributed by atoms with Crippen LogP contribution in [-0.4, -0.2) is 40.3 Å². The maximum Gasteiger partial charge on any atom is 0.242 e. The van der Waals surface area contributed by atoms with Gasteiger partial charge in [0.2, 0.25) is 10.0 Å². The molecule has 1 aromatic rings. The molecule has 2 aliphatic rings. The van der Waals surface area contributed by atoms with E-state index < -0.39 is 10.0 Å². The van der Waals surface area contributed by atoms with E-state index in [-0.39, 0.29) is 34.4 Å². The lowest BCUT2D eigenvalue weighted by molar-refractivity contribution is 0.171. The highest BCUT2D eigenvalue weighted by molar-refractivity contribution is 7.89. The van der Waals surface area contributed by atoms with E-state index in [0.29, 0.717) is 24.7 Å². The Morgan fingerprint density at radius 1 is 1.26 bits per heavy atom. The molecule has 0 radical (unpaired) electrons. The fourth-order valence-electron chi connectivity index (χ4n) is 2.72. The second-order valence-electron chi connectivity index (χ2n) is 5.54. The number of hydrogen-bond acceptors (Lipinski definition) is 5. The topological polar surface area (TPSA) is 76.7 Å². The number of hydrogen-bond donors (Lipinski definition) is 2. The third kappa shape index (κ3) is 4.03. The van der Waals surface area contributed by atoms with E-state index in [1.54, 1.807) is 0 Å². The van der Waals surface area contributed by atoms with Gasteiger partial charge in [0, 0.05) is 24.2 Å². The Hall–Kier alpha value is -0.730. The molecule has 0 spiro atoms. The average molecular weight is 383 g/mol. The first-order valence-corrected chi connectivity index (χ1v) is 9.18. The van der Waals surface area contributed by atoms with Crippen molar-refractivity contribution >= 4 is 34.0 Å². The molecule has 2 unspecified atom stereocenters. The minimum absolute atomic E-state index is 0. The Balaban J connectivity index is 0.00000192. The molecular formula is C14H20Cl2N2O4S. The summed E-state index contributed by atoms with van der Waals surface area (Å²) in [6.45, 7) is 3.70. The summed E-state index contributed by atoms with van der Waals surface area (Å²) >= 11 is 6.13. The van der Waals surface area contributed by atoms with Gasteiger partial charge in [-0.05, 0) is 26.3 Å². The van der Waals surface area contributed by atoms with E-state index in [4.69, 9.17) is 21.1 Å². The van der Waals surface area contributed by atoms with Crippen molar-refractivity contribution < 1.29 is 17.9 Å². The van der Waals surface area contributed by atoms with Gasteiger partial charge in [-0.1, -0.05) is 11.6 Å². The zero-order valence-corrected chi connectivity index (χ0v) is 15.1. The molecule has 1 aromatic carbocycles. The fourth-order valence-corrected chi connectivity index (χ4v) is 4.60. The largest absolute Gasteiger partial charge is 0.486 e. The molecule has 2 aliphatic heterocycles. The predicted octanol–water partition coefficient (Wildman–Crippen LogP) is 1.95. The molecule has 0 bridgehead atoms. The van der Waals surface area contributed by atoms with E-state index in [1.807, 2.05) is 6.92 Å². The molecule has 1 fully saturated rings. The van der Waals surface area contributed by atoms with Crippen molar-refractivity contribution in [1.29, 1.82) is 0 Å². The van der Waals surface area contributed by atoms with Crippen molar-refractivity contribution in [3.63, 3.8) is 0 Å². The van der Waals surface area contributed by atoms with Crippen LogP contribution >= 0.6 is 24.0 Å². The van der Waals surface area contributed by atoms with Gasteiger partial charge in [0.05, 0.1) is 5.02 Å². The second-order valence-corrected chi connectivity index (χ2v) is 7.63. The Labute approximate surface area is 147 Å². The number of fused-ring (bicyclic) bond motifs is 1. The van der Waals surface area contributed by atoms with Gasteiger partial charge >= 0.3 is 0 Å². The Morgan fingerprint density at radius 2 is 1.91 bits per heavy atom. The van der Waals surface area contributed by atoms with E-state index in [0.717, 1.165) is 19.4 Å². The standard InChI is InChI=1S/C14H19ClN2O4S.ClH/c1-9-11(3-2-4-16-9)17-22(18,19)14-8-13-12(7-10(14)15)20-5-6-21-13;/h7-9,11,16-17H,2-6H2,1H3;1H. The van der Waals surface area contributed by atoms with Gasteiger partial charge in [-0.15, -0.1) is 12.4 Å². The molecule has 3 rings (SSSR count). The number of halogens is 2. The fraction of sp³-hybridized carbons (Fsp3) is 0.571. The number of nitrogens with one attached hydrogen (secondary N) is 2. The molecule has 1 saturated heterocycles. The Kier molecular flexibility index (Phi) is 6.02. The predicted molar refractivity (Wildman–Crippen MR) is 90.5 cm³/mol. The highest BCUT2D eigenvalue weighted by Gasteiger charge is 2.29. The van der Waals surface area contributed by atoms with Crippen LogP contribution in [0.25, 0.3) is 0 Å². The molecule has 0 aliphatic carbocycles. The summed E-state index contributed by atoms with van der Waals surface area (Å²) in [6, 6.07) is 2.86. The van der Waals surface area contributed by atoms with Crippen LogP contribution in [0.1, 0.15) is 19.8 Å². The first kappa shape index (κ1) is 18.6. The highest BCUT2D eigenvalue weighted by Crippen LogP contribution is 2.37. The van der Waals surface area contributed by atoms with Crippen LogP contribution in [0.4, 0.5) is 0 Å². The maximum absolute atomic E-state index is 12.6. The van der Waals surface area contributed by atoms with Crippen molar-refractivity contribution in [2.75, 3.05) is 19.8 Å². The number of rotatable bonds is 3. The monoisotopic (exact) mass is 382 g/mol. The zero-order chi connectivity index (χ0) is 15.7. The van der Waals surface area contributed by atoms with Gasteiger partial charge in [0.15, 0.2) is 11.5 Å². The zero-order valence-electron chi connectivity index (χ0n) is 12.7. The SMILES string of the molecule is CC1NCCCC1NS(=O)(=O)c1cc2c(cc1Cl)OCCO2.Cl. The number of sulfonamides is 1. The minimum Gasteiger partial charge on any atom is -0.486 e. The van der Waals surface area contributed by atoms with Gasteiger partial charge in [0.25, 0.3) is 0 Å². The van der Waals surface area contributed by atoms with Gasteiger partial charge < -0.3 is 14.8 Å². The van der Waals surface area contributed by atoms with E-state index in [1.165, 1.54) is 12.1 Å². The van der Waals surface area contributed by atoms with Gasteiger partial charge in [-0.25, -0.2) is 13.1 Å². The molecule has 23 heavy (non-hydrogen) atoms. The van der Waals surface area contributed by atoms with Crippen LogP contribution < -0.4 is 19.5 Å². The lowest BCUT2D eigenvalue weighted by Gasteiger charge is -2.30. The normalized spacial score (nSPS) is 23.9. The molecule has 0 aromatic heterocycles. The second kappa shape index (κ2) is 7.44. The van der Waals surface area contributed by atoms with Crippen LogP contribution in [0.5, 0.6) is 11.5 Å². The first-order valence-electron chi connectivity index (χ1n) is 7.32. The third-order valence-electron chi connectivity index (χ3n) is 3.95. The molecule has 9 heteroatoms. The average Bonchev–Trinajstić information content (AvgIpc) is 2.48. The summed E-state index contributed by atoms with van der Waals surface area (Å²) in [4.78, 5) is 0.0243. The first-order chi connectivity index (χ1) is 10.5. The van der Waals surface area contributed by atoms with Crippen LogP contribution in [0.2, 0.25) is 5.02 Å². The molecule has 2 atom stereocenters. The van der Waals surface area contributed by atoms with Crippen LogP contribution in [0.3, 0.4) is 0 Å². The van der Waals surface area contributed by atoms with Crippen LogP contribution in [0.15, 0.2) is 17.0 Å². The minimum atomic E-state index is -3.71. The number of ether oxygens (including phenoxy) is 2. The van der Waals surface area contributed by atoms with Crippen molar-refractivity contribution in [3.05, 3.63) is 17.2 Å². The maximum atomic E-state index is 12.6. The molecule has 6 nitrogen and oxygen atoms in total. The molecule has 130 valence electrons. The molecule has 0 amide bonds. The van der Waals surface area contributed by atoms with E-state index >= 15 is 0 Å². The summed E-state index contributed by atoms with van der Waals surface area (Å²) in [6.07, 6.45) is 1.74. The van der Waals surface area contributed by atoms with Gasteiger partial charge in [-0.3, -0.25) is 0 Å². The summed E-state index contributed by atoms with van der Waals surface area (Å²) < 4.78 is 38.8. The van der Waals surface area contributed by atoms with Gasteiger partial charge in [0.1, 0.15) is 18.1 Å². The lowest BCUT2D eigenvalue weighted by Crippen LogP contribution is -2.51. The number of piperidine rings is 1. The van der Waals surface area contributed by atoms with E-state index in [9.17, 15) is 8.42 Å². The summed E-state index contributed by atoms with van der Waals surface area (Å²) in [5.74, 6) is 0.883. The quantitative estimate of drug-likeness (QED) is 0.835. The highest BCUT2D eigenvalue weighted by atomic mass is 35.5. The summed E-state index contributed by atoms with van der Waals surface area (Å²) in [7, 11) is -3.71. The molecule has 2 N–H and O–H groups in total. The molecular weight excluding hydrogens is 363 g/mol. The van der Waals surface area contributed by atoms with Crippen LogP contribution in [-0.2, 0) is 10.0 Å². The number of benzene rings is 1. The summed E-state index contributed by atoms with van der Waals surface area (Å²) in [5, 5.41) is 3.40. The molecule has 2 heterocycles. The Bertz CT molecular complexity index is 669. The Morgan fingerprint density at radius 3 is 2.57 bits per heavy atom. The molecule has 0 saturated carbocycles. The third-order valence-corrected chi connectivity index (χ3v) is 5.91. The summed E-state index contributed by atoms with van der Waals surface area (Å²) in [5.41, 5.74) is 0. The van der Waals surface area contributed by atoms with Crippen molar-refractivity contribution in [2.24, 2.45) is 0 Å². The van der Waals surface area contributed by atoms with Crippen LogP contribution in [0, 0.1) is 0 Å². The van der Waals surface area contributed by atoms with Crippen molar-refractivity contribution in [1.82, 2.24) is 10.0 Å². The van der Waals surface area contributed by atoms with Crippen molar-refractivity contribution in [3.8, 4) is 11.5 Å². The smallest absolute Gasteiger partial charge is 0.242 e. The van der Waals surface area contributed by atoms with Crippen molar-refractivity contribution in [2.45, 2.75) is 36.7 Å².